The first-order chi connectivity index (χ1) is 7.10. The summed E-state index contributed by atoms with van der Waals surface area (Å²) in [4.78, 5) is 13.1. The lowest BCUT2D eigenvalue weighted by Crippen LogP contribution is -2.30. The Bertz CT molecular complexity index is 368. The number of nitriles is 1. The maximum Gasteiger partial charge on any atom is 0.339 e. The van der Waals surface area contributed by atoms with Gasteiger partial charge in [0.05, 0.1) is 18.2 Å². The van der Waals surface area contributed by atoms with Gasteiger partial charge in [-0.1, -0.05) is 15.9 Å². The quantitative estimate of drug-likeness (QED) is 0.715. The molecule has 0 bridgehead atoms. The van der Waals surface area contributed by atoms with Gasteiger partial charge in [0.25, 0.3) is 0 Å². The van der Waals surface area contributed by atoms with Crippen LogP contribution >= 0.6 is 15.9 Å². The molecule has 15 heavy (non-hydrogen) atoms. The normalized spacial score (nSPS) is 20.1. The van der Waals surface area contributed by atoms with E-state index in [1.54, 1.807) is 31.1 Å². The monoisotopic (exact) mass is 270 g/mol. The molecule has 0 aromatic rings. The first-order valence-electron chi connectivity index (χ1n) is 4.47. The fraction of sp³-hybridized carbons (Fsp3) is 0.400. The van der Waals surface area contributed by atoms with E-state index in [0.717, 1.165) is 0 Å². The van der Waals surface area contributed by atoms with Gasteiger partial charge in [-0.05, 0) is 13.0 Å². The van der Waals surface area contributed by atoms with Crippen LogP contribution in [0.1, 0.15) is 6.92 Å². The maximum atomic E-state index is 11.4. The summed E-state index contributed by atoms with van der Waals surface area (Å²) >= 11 is 3.26. The fourth-order valence-electron chi connectivity index (χ4n) is 1.23. The maximum absolute atomic E-state index is 11.4. The van der Waals surface area contributed by atoms with Crippen LogP contribution in [0.4, 0.5) is 0 Å². The highest BCUT2D eigenvalue weighted by Gasteiger charge is 2.23. The van der Waals surface area contributed by atoms with Crippen LogP contribution in [0.15, 0.2) is 22.3 Å². The molecule has 0 N–H and O–H groups in total. The van der Waals surface area contributed by atoms with Crippen molar-refractivity contribution in [3.63, 3.8) is 0 Å². The van der Waals surface area contributed by atoms with E-state index in [2.05, 4.69) is 22.0 Å². The van der Waals surface area contributed by atoms with Gasteiger partial charge in [-0.2, -0.15) is 5.26 Å². The minimum absolute atomic E-state index is 0.340. The van der Waals surface area contributed by atoms with Gasteiger partial charge in [-0.15, -0.1) is 0 Å². The lowest BCUT2D eigenvalue weighted by atomic mass is 10.1. The third kappa shape index (κ3) is 2.60. The molecule has 0 saturated carbocycles. The lowest BCUT2D eigenvalue weighted by molar-refractivity contribution is -0.138. The summed E-state index contributed by atoms with van der Waals surface area (Å²) in [5, 5.41) is 8.85. The molecule has 4 nitrogen and oxygen atoms in total. The Labute approximate surface area is 96.9 Å². The Kier molecular flexibility index (Phi) is 3.92. The van der Waals surface area contributed by atoms with Crippen LogP contribution in [0.2, 0.25) is 0 Å². The highest BCUT2D eigenvalue weighted by atomic mass is 79.9. The van der Waals surface area contributed by atoms with Crippen LogP contribution < -0.4 is 0 Å². The summed E-state index contributed by atoms with van der Waals surface area (Å²) in [7, 11) is 1.74. The minimum atomic E-state index is -0.377. The van der Waals surface area contributed by atoms with Crippen molar-refractivity contribution in [1.82, 2.24) is 4.90 Å². The zero-order valence-electron chi connectivity index (χ0n) is 8.53. The Morgan fingerprint density at radius 3 is 2.93 bits per heavy atom. The van der Waals surface area contributed by atoms with E-state index in [4.69, 9.17) is 10.00 Å². The summed E-state index contributed by atoms with van der Waals surface area (Å²) in [6, 6.07) is 1.74. The van der Waals surface area contributed by atoms with Crippen molar-refractivity contribution in [2.24, 2.45) is 0 Å². The van der Waals surface area contributed by atoms with Crippen LogP contribution in [0.25, 0.3) is 0 Å². The van der Waals surface area contributed by atoms with Gasteiger partial charge >= 0.3 is 5.97 Å². The van der Waals surface area contributed by atoms with Gasteiger partial charge in [0.2, 0.25) is 0 Å². The van der Waals surface area contributed by atoms with E-state index in [1.807, 2.05) is 0 Å². The average molecular weight is 271 g/mol. The van der Waals surface area contributed by atoms with Crippen LogP contribution in [0, 0.1) is 11.3 Å². The molecule has 0 aromatic heterocycles. The first-order valence-corrected chi connectivity index (χ1v) is 5.27. The number of esters is 1. The van der Waals surface area contributed by atoms with Crippen molar-refractivity contribution in [1.29, 1.82) is 5.26 Å². The highest BCUT2D eigenvalue weighted by Crippen LogP contribution is 2.24. The van der Waals surface area contributed by atoms with Gasteiger partial charge in [-0.25, -0.2) is 4.79 Å². The third-order valence-corrected chi connectivity index (χ3v) is 2.60. The largest absolute Gasteiger partial charge is 0.462 e. The average Bonchev–Trinajstić information content (AvgIpc) is 2.17. The third-order valence-electron chi connectivity index (χ3n) is 1.94. The van der Waals surface area contributed by atoms with Crippen LogP contribution in [0.5, 0.6) is 0 Å². The molecule has 0 aromatic carbocycles. The molecule has 1 atom stereocenters. The van der Waals surface area contributed by atoms with Crippen molar-refractivity contribution < 1.29 is 9.53 Å². The highest BCUT2D eigenvalue weighted by molar-refractivity contribution is 9.11. The zero-order chi connectivity index (χ0) is 11.4. The van der Waals surface area contributed by atoms with E-state index in [0.29, 0.717) is 16.7 Å². The molecular weight excluding hydrogens is 260 g/mol. The molecule has 0 fully saturated rings. The van der Waals surface area contributed by atoms with E-state index < -0.39 is 0 Å². The Morgan fingerprint density at radius 1 is 1.80 bits per heavy atom. The summed E-state index contributed by atoms with van der Waals surface area (Å²) in [6.07, 6.45) is 3.22. The van der Waals surface area contributed by atoms with Crippen molar-refractivity contribution in [2.75, 3.05) is 13.7 Å². The molecule has 1 aliphatic heterocycles. The Balaban J connectivity index is 2.88. The van der Waals surface area contributed by atoms with Crippen molar-refractivity contribution in [3.8, 4) is 6.07 Å². The van der Waals surface area contributed by atoms with Gasteiger partial charge in [-0.3, -0.25) is 0 Å². The molecule has 5 heteroatoms. The first kappa shape index (κ1) is 11.8. The number of hydrogen-bond donors (Lipinski definition) is 0. The molecule has 1 rings (SSSR count). The summed E-state index contributed by atoms with van der Waals surface area (Å²) in [6.45, 7) is 2.09. The molecule has 1 aliphatic rings. The molecule has 0 spiro atoms. The van der Waals surface area contributed by atoms with Crippen molar-refractivity contribution in [2.45, 2.75) is 13.0 Å². The second kappa shape index (κ2) is 4.99. The summed E-state index contributed by atoms with van der Waals surface area (Å²) < 4.78 is 5.53. The van der Waals surface area contributed by atoms with E-state index in [1.165, 1.54) is 0 Å². The topological polar surface area (TPSA) is 53.3 Å². The second-order valence-corrected chi connectivity index (χ2v) is 3.95. The zero-order valence-corrected chi connectivity index (χ0v) is 10.1. The van der Waals surface area contributed by atoms with Crippen molar-refractivity contribution >= 4 is 21.9 Å². The van der Waals surface area contributed by atoms with E-state index >= 15 is 0 Å². The van der Waals surface area contributed by atoms with Crippen LogP contribution in [-0.2, 0) is 9.53 Å². The van der Waals surface area contributed by atoms with E-state index in [-0.39, 0.29) is 12.0 Å². The molecule has 0 amide bonds. The summed E-state index contributed by atoms with van der Waals surface area (Å²) in [5.74, 6) is -0.377. The van der Waals surface area contributed by atoms with Gasteiger partial charge < -0.3 is 9.64 Å². The second-order valence-electron chi connectivity index (χ2n) is 3.03. The molecule has 80 valence electrons. The van der Waals surface area contributed by atoms with Crippen molar-refractivity contribution in [3.05, 3.63) is 22.3 Å². The van der Waals surface area contributed by atoms with Gasteiger partial charge in [0.15, 0.2) is 0 Å². The Hall–Kier alpha value is -1.28. The molecule has 0 saturated heterocycles. The standard InChI is InChI=1S/C10H11BrN2O2/c1-3-15-10(14)7-4-8(11)9(5-12)13(2)6-7/h4,6,9H,3H2,1-2H3. The number of rotatable bonds is 2. The molecule has 1 unspecified atom stereocenters. The van der Waals surface area contributed by atoms with Crippen LogP contribution in [0.3, 0.4) is 0 Å². The number of hydrogen-bond acceptors (Lipinski definition) is 4. The number of nitrogens with zero attached hydrogens (tertiary/aromatic N) is 2. The van der Waals surface area contributed by atoms with Gasteiger partial charge in [0.1, 0.15) is 6.04 Å². The minimum Gasteiger partial charge on any atom is -0.462 e. The van der Waals surface area contributed by atoms with Gasteiger partial charge in [0, 0.05) is 17.7 Å². The van der Waals surface area contributed by atoms with E-state index in [9.17, 15) is 4.79 Å². The number of carbonyl (C=O) groups is 1. The smallest absolute Gasteiger partial charge is 0.339 e. The fourth-order valence-corrected chi connectivity index (χ4v) is 1.90. The predicted molar refractivity (Wildman–Crippen MR) is 58.9 cm³/mol. The number of ether oxygens (including phenoxy) is 1. The summed E-state index contributed by atoms with van der Waals surface area (Å²) in [5.41, 5.74) is 0.442. The molecule has 0 radical (unpaired) electrons. The number of likely N-dealkylation sites (N-methyl/N-ethyl adjacent to an activating group) is 1. The molecule has 1 heterocycles. The Morgan fingerprint density at radius 2 is 2.47 bits per heavy atom. The SMILES string of the molecule is CCOC(=O)C1=CN(C)C(C#N)C(Br)=C1. The van der Waals surface area contributed by atoms with Crippen LogP contribution in [-0.4, -0.2) is 30.6 Å². The number of carbonyl (C=O) groups excluding carboxylic acids is 1. The predicted octanol–water partition coefficient (Wildman–Crippen LogP) is 1.55. The lowest BCUT2D eigenvalue weighted by Gasteiger charge is -2.25. The molecule has 0 aliphatic carbocycles. The molecular formula is C10H11BrN2O2. The number of halogens is 1.